The molecule has 0 atom stereocenters. The van der Waals surface area contributed by atoms with Gasteiger partial charge in [0.15, 0.2) is 0 Å². The third-order valence-electron chi connectivity index (χ3n) is 3.03. The summed E-state index contributed by atoms with van der Waals surface area (Å²) < 4.78 is 0.565. The number of nitrogens with zero attached hydrogens (tertiary/aromatic N) is 4. The Kier molecular flexibility index (Phi) is 1.67. The molecule has 1 N–H and O–H groups in total. The summed E-state index contributed by atoms with van der Waals surface area (Å²) in [5, 5.41) is 8.85. The average molecular weight is 196 g/mol. The van der Waals surface area contributed by atoms with Crippen LogP contribution in [0.5, 0.6) is 0 Å². The summed E-state index contributed by atoms with van der Waals surface area (Å²) in [5.74, 6) is -0.810. The van der Waals surface area contributed by atoms with Gasteiger partial charge in [-0.25, -0.2) is 14.7 Å². The molecular formula is C7H13BN4O2. The topological polar surface area (TPSA) is 47.0 Å². The monoisotopic (exact) mass is 196 g/mol. The van der Waals surface area contributed by atoms with Crippen LogP contribution in [-0.4, -0.2) is 77.5 Å². The van der Waals surface area contributed by atoms with Crippen LogP contribution >= 0.6 is 0 Å². The van der Waals surface area contributed by atoms with Crippen molar-refractivity contribution in [1.29, 1.82) is 0 Å². The van der Waals surface area contributed by atoms with E-state index in [0.717, 1.165) is 40.0 Å². The van der Waals surface area contributed by atoms with Crippen LogP contribution in [0.1, 0.15) is 0 Å². The fourth-order valence-electron chi connectivity index (χ4n) is 2.94. The van der Waals surface area contributed by atoms with Crippen molar-refractivity contribution in [2.24, 2.45) is 0 Å². The standard InChI is InChI=1S/C7H12BN4O2/c13-7(14)8-12-4-9-1-10(5-12)3-11(2-9)6-12/h1-6H2/q-1/p+1. The van der Waals surface area contributed by atoms with E-state index in [0.29, 0.717) is 4.39 Å². The van der Waals surface area contributed by atoms with Gasteiger partial charge in [0.25, 0.3) is 0 Å². The lowest BCUT2D eigenvalue weighted by atomic mass is 9.87. The highest BCUT2D eigenvalue weighted by Crippen LogP contribution is 2.27. The first kappa shape index (κ1) is 8.66. The molecule has 0 unspecified atom stereocenters. The van der Waals surface area contributed by atoms with Crippen LogP contribution < -0.4 is 0 Å². The molecule has 0 aromatic carbocycles. The minimum absolute atomic E-state index is 0.565. The van der Waals surface area contributed by atoms with Crippen molar-refractivity contribution in [3.63, 3.8) is 0 Å². The summed E-state index contributed by atoms with van der Waals surface area (Å²) in [6.07, 6.45) is 0. The quantitative estimate of drug-likeness (QED) is 0.561. The molecule has 0 aromatic rings. The molecule has 4 heterocycles. The molecule has 0 saturated carbocycles. The maximum atomic E-state index is 10.8. The maximum Gasteiger partial charge on any atom is 0.136 e. The lowest BCUT2D eigenvalue weighted by Crippen LogP contribution is -2.80. The van der Waals surface area contributed by atoms with Gasteiger partial charge in [-0.15, -0.1) is 0 Å². The Bertz CT molecular complexity index is 250. The normalized spacial score (nSPS) is 49.6. The van der Waals surface area contributed by atoms with Crippen LogP contribution in [0.25, 0.3) is 0 Å². The number of rotatable bonds is 2. The Balaban J connectivity index is 1.83. The summed E-state index contributed by atoms with van der Waals surface area (Å²) in [6, 6.07) is 0. The SMILES string of the molecule is O=C(O)[B-][N+]12CN3CN(CN(C3)C1)C2. The van der Waals surface area contributed by atoms with Crippen molar-refractivity contribution in [3.05, 3.63) is 0 Å². The first-order valence-corrected chi connectivity index (χ1v) is 4.77. The van der Waals surface area contributed by atoms with E-state index in [9.17, 15) is 4.79 Å². The third kappa shape index (κ3) is 1.24. The van der Waals surface area contributed by atoms with Crippen molar-refractivity contribution < 1.29 is 14.3 Å². The van der Waals surface area contributed by atoms with Gasteiger partial charge in [0, 0.05) is 0 Å². The van der Waals surface area contributed by atoms with E-state index in [1.54, 1.807) is 0 Å². The second kappa shape index (κ2) is 2.69. The first-order valence-electron chi connectivity index (χ1n) is 4.77. The minimum atomic E-state index is -0.810. The summed E-state index contributed by atoms with van der Waals surface area (Å²) in [6.45, 7) is 5.51. The van der Waals surface area contributed by atoms with E-state index in [1.807, 2.05) is 0 Å². The highest BCUT2D eigenvalue weighted by Gasteiger charge is 2.43. The van der Waals surface area contributed by atoms with Gasteiger partial charge in [0.2, 0.25) is 0 Å². The van der Waals surface area contributed by atoms with Crippen molar-refractivity contribution >= 4 is 13.3 Å². The number of hydrogen-bond acceptors (Lipinski definition) is 4. The Morgan fingerprint density at radius 2 is 1.50 bits per heavy atom. The number of quaternary nitrogens is 1. The van der Waals surface area contributed by atoms with Gasteiger partial charge in [0.1, 0.15) is 13.3 Å². The molecule has 4 rings (SSSR count). The van der Waals surface area contributed by atoms with Crippen LogP contribution in [0.2, 0.25) is 0 Å². The smallest absolute Gasteiger partial charge is 0.136 e. The molecule has 6 nitrogen and oxygen atoms in total. The zero-order valence-electron chi connectivity index (χ0n) is 7.96. The molecular weight excluding hydrogens is 183 g/mol. The molecule has 14 heavy (non-hydrogen) atoms. The lowest BCUT2D eigenvalue weighted by Gasteiger charge is -2.67. The number of hydrogen-bond donors (Lipinski definition) is 1. The Hall–Kier alpha value is -0.625. The fraction of sp³-hybridized carbons (Fsp3) is 0.857. The van der Waals surface area contributed by atoms with Crippen molar-refractivity contribution in [3.8, 4) is 0 Å². The van der Waals surface area contributed by atoms with Gasteiger partial charge < -0.3 is 14.3 Å². The highest BCUT2D eigenvalue weighted by molar-refractivity contribution is 6.65. The van der Waals surface area contributed by atoms with E-state index in [-0.39, 0.29) is 0 Å². The predicted octanol–water partition coefficient (Wildman–Crippen LogP) is -1.21. The van der Waals surface area contributed by atoms with E-state index < -0.39 is 5.87 Å². The van der Waals surface area contributed by atoms with Crippen LogP contribution in [0.15, 0.2) is 0 Å². The minimum Gasteiger partial charge on any atom is -0.514 e. The number of carbonyl (C=O) groups is 1. The average Bonchev–Trinajstić information content (AvgIpc) is 1.96. The Morgan fingerprint density at radius 3 is 1.86 bits per heavy atom. The summed E-state index contributed by atoms with van der Waals surface area (Å²) in [4.78, 5) is 17.6. The zero-order valence-corrected chi connectivity index (χ0v) is 7.96. The molecule has 4 aliphatic rings. The molecule has 4 saturated heterocycles. The molecule has 7 heteroatoms. The first-order chi connectivity index (χ1) is 6.65. The van der Waals surface area contributed by atoms with Crippen LogP contribution in [0.4, 0.5) is 4.79 Å². The van der Waals surface area contributed by atoms with Crippen LogP contribution in [0.3, 0.4) is 0 Å². The summed E-state index contributed by atoms with van der Waals surface area (Å²) in [5.41, 5.74) is 0. The van der Waals surface area contributed by atoms with Crippen molar-refractivity contribution in [1.82, 2.24) is 14.7 Å². The van der Waals surface area contributed by atoms with Crippen LogP contribution in [-0.2, 0) is 0 Å². The van der Waals surface area contributed by atoms with Crippen LogP contribution in [0, 0.1) is 0 Å². The fourth-order valence-corrected chi connectivity index (χ4v) is 2.94. The molecule has 0 spiro atoms. The van der Waals surface area contributed by atoms with Crippen molar-refractivity contribution in [2.75, 3.05) is 40.0 Å². The molecule has 2 radical (unpaired) electrons. The van der Waals surface area contributed by atoms with E-state index in [4.69, 9.17) is 5.11 Å². The maximum absolute atomic E-state index is 10.8. The van der Waals surface area contributed by atoms with Crippen molar-refractivity contribution in [2.45, 2.75) is 0 Å². The Labute approximate surface area is 83.1 Å². The lowest BCUT2D eigenvalue weighted by molar-refractivity contribution is -0.886. The highest BCUT2D eigenvalue weighted by atomic mass is 16.4. The van der Waals surface area contributed by atoms with Gasteiger partial charge in [0.05, 0.1) is 40.0 Å². The molecule has 0 aliphatic carbocycles. The second-order valence-corrected chi connectivity index (χ2v) is 4.55. The van der Waals surface area contributed by atoms with E-state index in [1.165, 1.54) is 7.41 Å². The molecule has 0 amide bonds. The van der Waals surface area contributed by atoms with E-state index in [2.05, 4.69) is 14.7 Å². The van der Waals surface area contributed by atoms with Gasteiger partial charge >= 0.3 is 0 Å². The van der Waals surface area contributed by atoms with Gasteiger partial charge in [-0.1, -0.05) is 0 Å². The molecule has 4 fully saturated rings. The third-order valence-corrected chi connectivity index (χ3v) is 3.03. The second-order valence-electron chi connectivity index (χ2n) is 4.55. The molecule has 4 aliphatic heterocycles. The van der Waals surface area contributed by atoms with Gasteiger partial charge in [-0.3, -0.25) is 0 Å². The zero-order chi connectivity index (χ0) is 9.76. The Morgan fingerprint density at radius 1 is 1.07 bits per heavy atom. The van der Waals surface area contributed by atoms with Gasteiger partial charge in [-0.2, -0.15) is 0 Å². The van der Waals surface area contributed by atoms with E-state index >= 15 is 0 Å². The summed E-state index contributed by atoms with van der Waals surface area (Å²) in [7, 11) is 1.44. The largest absolute Gasteiger partial charge is 0.514 e. The molecule has 76 valence electrons. The number of carboxylic acid groups (broad SMARTS) is 1. The molecule has 0 aromatic heterocycles. The van der Waals surface area contributed by atoms with Gasteiger partial charge in [-0.05, 0) is 0 Å². The predicted molar refractivity (Wildman–Crippen MR) is 48.8 cm³/mol. The summed E-state index contributed by atoms with van der Waals surface area (Å²) >= 11 is 0. The molecule has 4 bridgehead atoms.